The van der Waals surface area contributed by atoms with Crippen LogP contribution in [0.25, 0.3) is 11.3 Å². The lowest BCUT2D eigenvalue weighted by molar-refractivity contribution is 0.0989. The highest BCUT2D eigenvalue weighted by Gasteiger charge is 2.21. The normalized spacial score (nSPS) is 16.6. The van der Waals surface area contributed by atoms with Crippen molar-refractivity contribution in [3.05, 3.63) is 72.1 Å². The highest BCUT2D eigenvalue weighted by Crippen LogP contribution is 2.26. The van der Waals surface area contributed by atoms with Gasteiger partial charge in [-0.3, -0.25) is 4.79 Å². The van der Waals surface area contributed by atoms with Crippen LogP contribution in [0.15, 0.2) is 60.8 Å². The first kappa shape index (κ1) is 19.1. The van der Waals surface area contributed by atoms with E-state index in [0.717, 1.165) is 42.7 Å². The van der Waals surface area contributed by atoms with E-state index in [9.17, 15) is 4.79 Å². The van der Waals surface area contributed by atoms with Crippen molar-refractivity contribution < 1.29 is 4.79 Å². The van der Waals surface area contributed by atoms with Crippen LogP contribution in [-0.4, -0.2) is 34.9 Å². The summed E-state index contributed by atoms with van der Waals surface area (Å²) in [4.78, 5) is 24.1. The molecule has 2 heterocycles. The third-order valence-electron chi connectivity index (χ3n) is 5.28. The maximum atomic E-state index is 13.1. The van der Waals surface area contributed by atoms with Crippen LogP contribution in [0, 0.1) is 0 Å². The molecule has 1 atom stereocenters. The number of hydrogen-bond donors (Lipinski definition) is 2. The molecule has 148 valence electrons. The van der Waals surface area contributed by atoms with E-state index in [2.05, 4.69) is 20.9 Å². The van der Waals surface area contributed by atoms with Gasteiger partial charge in [-0.25, -0.2) is 9.97 Å². The summed E-state index contributed by atoms with van der Waals surface area (Å²) >= 11 is 0. The lowest BCUT2D eigenvalue weighted by Crippen LogP contribution is -2.43. The predicted octanol–water partition coefficient (Wildman–Crippen LogP) is 3.08. The van der Waals surface area contributed by atoms with Crippen LogP contribution >= 0.6 is 0 Å². The first-order valence-corrected chi connectivity index (χ1v) is 9.91. The summed E-state index contributed by atoms with van der Waals surface area (Å²) in [5.41, 5.74) is 15.9. The van der Waals surface area contributed by atoms with Gasteiger partial charge in [0.05, 0.1) is 11.9 Å². The Hall–Kier alpha value is -3.25. The van der Waals surface area contributed by atoms with Crippen LogP contribution in [0.4, 0.5) is 11.5 Å². The molecule has 6 heteroatoms. The molecule has 0 saturated carbocycles. The lowest BCUT2D eigenvalue weighted by atomic mass is 10.0. The largest absolute Gasteiger partial charge is 0.382 e. The van der Waals surface area contributed by atoms with Crippen LogP contribution in [0.2, 0.25) is 0 Å². The summed E-state index contributed by atoms with van der Waals surface area (Å²) in [7, 11) is 0. The molecule has 0 amide bonds. The Kier molecular flexibility index (Phi) is 5.53. The zero-order chi connectivity index (χ0) is 20.2. The number of para-hydroxylation sites is 1. The van der Waals surface area contributed by atoms with Crippen LogP contribution in [0.5, 0.6) is 0 Å². The molecule has 0 radical (unpaired) electrons. The van der Waals surface area contributed by atoms with Gasteiger partial charge in [0.15, 0.2) is 11.6 Å². The summed E-state index contributed by atoms with van der Waals surface area (Å²) in [5.74, 6) is 0.0219. The summed E-state index contributed by atoms with van der Waals surface area (Å²) < 4.78 is 0. The van der Waals surface area contributed by atoms with E-state index in [1.165, 1.54) is 0 Å². The minimum absolute atomic E-state index is 0.137. The van der Waals surface area contributed by atoms with Crippen molar-refractivity contribution in [2.45, 2.75) is 25.3 Å². The number of ketones is 1. The fraction of sp³-hybridized carbons (Fsp3) is 0.261. The number of hydrogen-bond acceptors (Lipinski definition) is 6. The number of rotatable bonds is 5. The molecule has 0 aliphatic carbocycles. The molecule has 1 aromatic heterocycles. The maximum Gasteiger partial charge on any atom is 0.189 e. The number of piperidine rings is 1. The molecular formula is C23H25N5O. The van der Waals surface area contributed by atoms with Gasteiger partial charge in [0.25, 0.3) is 0 Å². The summed E-state index contributed by atoms with van der Waals surface area (Å²) in [5, 5.41) is 0. The molecule has 1 aliphatic rings. The number of nitrogen functional groups attached to an aromatic ring is 1. The monoisotopic (exact) mass is 387 g/mol. The lowest BCUT2D eigenvalue weighted by Gasteiger charge is -2.34. The first-order valence-electron chi connectivity index (χ1n) is 9.91. The average Bonchev–Trinajstić information content (AvgIpc) is 2.75. The van der Waals surface area contributed by atoms with E-state index in [1.54, 1.807) is 6.20 Å². The highest BCUT2D eigenvalue weighted by molar-refractivity contribution is 6.00. The predicted molar refractivity (Wildman–Crippen MR) is 116 cm³/mol. The smallest absolute Gasteiger partial charge is 0.189 e. The number of aromatic nitrogens is 2. The van der Waals surface area contributed by atoms with Gasteiger partial charge in [0, 0.05) is 36.8 Å². The Morgan fingerprint density at radius 3 is 2.66 bits per heavy atom. The van der Waals surface area contributed by atoms with E-state index in [-0.39, 0.29) is 29.8 Å². The third-order valence-corrected chi connectivity index (χ3v) is 5.28. The SMILES string of the molecule is Nc1ncc(-c2ccccc2)nc1C(=O)Cc1ccccc1N1CCCC(N)C1. The molecule has 4 N–H and O–H groups in total. The second-order valence-corrected chi connectivity index (χ2v) is 7.43. The van der Waals surface area contributed by atoms with Crippen molar-refractivity contribution in [2.24, 2.45) is 5.73 Å². The molecule has 0 spiro atoms. The van der Waals surface area contributed by atoms with Crippen LogP contribution in [-0.2, 0) is 6.42 Å². The number of nitrogens with zero attached hydrogens (tertiary/aromatic N) is 3. The highest BCUT2D eigenvalue weighted by atomic mass is 16.1. The van der Waals surface area contributed by atoms with Gasteiger partial charge >= 0.3 is 0 Å². The van der Waals surface area contributed by atoms with E-state index < -0.39 is 0 Å². The minimum Gasteiger partial charge on any atom is -0.382 e. The fourth-order valence-electron chi connectivity index (χ4n) is 3.81. The molecule has 4 rings (SSSR count). The molecule has 1 saturated heterocycles. The fourth-order valence-corrected chi connectivity index (χ4v) is 3.81. The first-order chi connectivity index (χ1) is 14.1. The molecule has 2 aromatic carbocycles. The van der Waals surface area contributed by atoms with Crippen molar-refractivity contribution in [1.82, 2.24) is 9.97 Å². The van der Waals surface area contributed by atoms with E-state index >= 15 is 0 Å². The maximum absolute atomic E-state index is 13.1. The second-order valence-electron chi connectivity index (χ2n) is 7.43. The quantitative estimate of drug-likeness (QED) is 0.653. The van der Waals surface area contributed by atoms with Crippen LogP contribution in [0.1, 0.15) is 28.9 Å². The Bertz CT molecular complexity index is 1010. The number of anilines is 2. The minimum atomic E-state index is -0.137. The van der Waals surface area contributed by atoms with Gasteiger partial charge in [-0.05, 0) is 24.5 Å². The number of nitrogens with two attached hydrogens (primary N) is 2. The third kappa shape index (κ3) is 4.27. The summed E-state index contributed by atoms with van der Waals surface area (Å²) in [6, 6.07) is 17.8. The van der Waals surface area contributed by atoms with Crippen molar-refractivity contribution in [2.75, 3.05) is 23.7 Å². The topological polar surface area (TPSA) is 98.1 Å². The second kappa shape index (κ2) is 8.41. The molecule has 29 heavy (non-hydrogen) atoms. The van der Waals surface area contributed by atoms with Gasteiger partial charge in [-0.15, -0.1) is 0 Å². The van der Waals surface area contributed by atoms with Crippen molar-refractivity contribution >= 4 is 17.3 Å². The molecule has 1 aliphatic heterocycles. The number of Topliss-reactive ketones (excluding diaryl/α,β-unsaturated/α-hetero) is 1. The average molecular weight is 387 g/mol. The summed E-state index contributed by atoms with van der Waals surface area (Å²) in [6.45, 7) is 1.75. The standard InChI is InChI=1S/C23H25N5O/c24-18-10-6-12-28(15-18)20-11-5-4-9-17(20)13-21(29)22-23(25)26-14-19(27-22)16-7-2-1-3-8-16/h1-5,7-9,11,14,18H,6,10,12-13,15,24H2,(H2,25,26). The Labute approximate surface area is 170 Å². The molecule has 1 fully saturated rings. The zero-order valence-electron chi connectivity index (χ0n) is 16.3. The Balaban J connectivity index is 1.61. The van der Waals surface area contributed by atoms with Crippen molar-refractivity contribution in [3.63, 3.8) is 0 Å². The van der Waals surface area contributed by atoms with Crippen LogP contribution in [0.3, 0.4) is 0 Å². The number of carbonyl (C=O) groups is 1. The van der Waals surface area contributed by atoms with Gasteiger partial charge in [-0.2, -0.15) is 0 Å². The summed E-state index contributed by atoms with van der Waals surface area (Å²) in [6.07, 6.45) is 3.92. The van der Waals surface area contributed by atoms with E-state index in [1.807, 2.05) is 48.5 Å². The van der Waals surface area contributed by atoms with Gasteiger partial charge in [0.2, 0.25) is 0 Å². The Morgan fingerprint density at radius 2 is 1.86 bits per heavy atom. The van der Waals surface area contributed by atoms with Gasteiger partial charge in [-0.1, -0.05) is 48.5 Å². The number of carbonyl (C=O) groups excluding carboxylic acids is 1. The Morgan fingerprint density at radius 1 is 1.10 bits per heavy atom. The molecule has 3 aromatic rings. The van der Waals surface area contributed by atoms with Gasteiger partial charge in [0.1, 0.15) is 5.69 Å². The molecule has 0 bridgehead atoms. The molecule has 6 nitrogen and oxygen atoms in total. The van der Waals surface area contributed by atoms with E-state index in [4.69, 9.17) is 11.5 Å². The van der Waals surface area contributed by atoms with Crippen molar-refractivity contribution in [1.29, 1.82) is 0 Å². The number of benzene rings is 2. The van der Waals surface area contributed by atoms with Crippen molar-refractivity contribution in [3.8, 4) is 11.3 Å². The zero-order valence-corrected chi connectivity index (χ0v) is 16.3. The van der Waals surface area contributed by atoms with E-state index in [0.29, 0.717) is 5.69 Å². The van der Waals surface area contributed by atoms with Crippen LogP contribution < -0.4 is 16.4 Å². The molecule has 1 unspecified atom stereocenters. The molecular weight excluding hydrogens is 362 g/mol. The van der Waals surface area contributed by atoms with Gasteiger partial charge < -0.3 is 16.4 Å².